The van der Waals surface area contributed by atoms with E-state index in [1.54, 1.807) is 9.80 Å². The summed E-state index contributed by atoms with van der Waals surface area (Å²) in [6, 6.07) is 19.3. The first-order chi connectivity index (χ1) is 17.9. The first-order valence-corrected chi connectivity index (χ1v) is 13.4. The van der Waals surface area contributed by atoms with Gasteiger partial charge in [-0.25, -0.2) is 0 Å². The van der Waals surface area contributed by atoms with E-state index in [1.807, 2.05) is 74.5 Å². The fourth-order valence-electron chi connectivity index (χ4n) is 5.05. The van der Waals surface area contributed by atoms with Crippen molar-refractivity contribution in [2.45, 2.75) is 65.5 Å². The van der Waals surface area contributed by atoms with Gasteiger partial charge in [-0.05, 0) is 49.3 Å². The highest BCUT2D eigenvalue weighted by Gasteiger charge is 2.31. The zero-order valence-corrected chi connectivity index (χ0v) is 22.1. The lowest BCUT2D eigenvalue weighted by Gasteiger charge is -2.31. The lowest BCUT2D eigenvalue weighted by Crippen LogP contribution is -2.49. The zero-order chi connectivity index (χ0) is 26.4. The van der Waals surface area contributed by atoms with Crippen LogP contribution in [0.2, 0.25) is 0 Å². The van der Waals surface area contributed by atoms with Crippen LogP contribution in [0.5, 0.6) is 0 Å². The summed E-state index contributed by atoms with van der Waals surface area (Å²) in [7, 11) is 0. The Balaban J connectivity index is 1.46. The molecule has 6 nitrogen and oxygen atoms in total. The minimum Gasteiger partial charge on any atom is -0.354 e. The van der Waals surface area contributed by atoms with Gasteiger partial charge >= 0.3 is 0 Å². The third-order valence-corrected chi connectivity index (χ3v) is 7.11. The molecular formula is C31H37N3O3. The van der Waals surface area contributed by atoms with Crippen molar-refractivity contribution in [3.63, 3.8) is 0 Å². The maximum absolute atomic E-state index is 13.6. The van der Waals surface area contributed by atoms with Crippen LogP contribution in [-0.4, -0.2) is 41.8 Å². The lowest BCUT2D eigenvalue weighted by molar-refractivity contribution is -0.141. The summed E-state index contributed by atoms with van der Waals surface area (Å²) in [6.45, 7) is 7.51. The van der Waals surface area contributed by atoms with Crippen molar-refractivity contribution in [2.75, 3.05) is 18.0 Å². The number of benzene rings is 3. The number of carbonyl (C=O) groups is 3. The molecule has 0 fully saturated rings. The van der Waals surface area contributed by atoms with E-state index in [0.717, 1.165) is 46.0 Å². The topological polar surface area (TPSA) is 69.7 Å². The summed E-state index contributed by atoms with van der Waals surface area (Å²) in [5, 5.41) is 5.04. The molecule has 0 saturated heterocycles. The van der Waals surface area contributed by atoms with Gasteiger partial charge in [0.05, 0.1) is 5.69 Å². The standard InChI is InChI=1S/C31H37N3O3/c1-4-6-19-32-30(36)26(5-2)34(21-23-17-15-22(3)16-18-23)28(35)14-9-20-33-27-13-8-11-24-10-7-12-25(29(24)27)31(33)37/h7-8,10-13,15-18,26H,4-6,9,14,19-21H2,1-3H3,(H,32,36)/t26-/m1/s1. The molecule has 1 aliphatic heterocycles. The average Bonchev–Trinajstić information content (AvgIpc) is 3.18. The van der Waals surface area contributed by atoms with Crippen molar-refractivity contribution >= 4 is 34.2 Å². The van der Waals surface area contributed by atoms with Gasteiger partial charge in [0, 0.05) is 37.0 Å². The number of hydrogen-bond acceptors (Lipinski definition) is 3. The first-order valence-electron chi connectivity index (χ1n) is 13.4. The molecule has 3 aromatic rings. The fourth-order valence-corrected chi connectivity index (χ4v) is 5.05. The Bertz CT molecular complexity index is 1260. The summed E-state index contributed by atoms with van der Waals surface area (Å²) in [6.07, 6.45) is 3.23. The van der Waals surface area contributed by atoms with Gasteiger partial charge in [0.2, 0.25) is 11.8 Å². The molecule has 3 aromatic carbocycles. The highest BCUT2D eigenvalue weighted by molar-refractivity contribution is 6.25. The second kappa shape index (κ2) is 12.0. The van der Waals surface area contributed by atoms with Gasteiger partial charge in [-0.1, -0.05) is 74.4 Å². The van der Waals surface area contributed by atoms with Crippen LogP contribution in [0.15, 0.2) is 60.7 Å². The van der Waals surface area contributed by atoms with E-state index in [4.69, 9.17) is 0 Å². The number of anilines is 1. The maximum Gasteiger partial charge on any atom is 0.258 e. The van der Waals surface area contributed by atoms with E-state index >= 15 is 0 Å². The highest BCUT2D eigenvalue weighted by atomic mass is 16.2. The molecule has 0 aromatic heterocycles. The van der Waals surface area contributed by atoms with Gasteiger partial charge in [0.1, 0.15) is 6.04 Å². The maximum atomic E-state index is 13.6. The van der Waals surface area contributed by atoms with Crippen LogP contribution < -0.4 is 10.2 Å². The molecule has 0 spiro atoms. The summed E-state index contributed by atoms with van der Waals surface area (Å²) < 4.78 is 0. The van der Waals surface area contributed by atoms with Crippen LogP contribution in [0, 0.1) is 6.92 Å². The summed E-state index contributed by atoms with van der Waals surface area (Å²) in [4.78, 5) is 43.2. The minimum atomic E-state index is -0.530. The van der Waals surface area contributed by atoms with Crippen LogP contribution in [0.3, 0.4) is 0 Å². The number of rotatable bonds is 12. The third-order valence-electron chi connectivity index (χ3n) is 7.11. The molecule has 4 rings (SSSR count). The number of nitrogens with zero attached hydrogens (tertiary/aromatic N) is 2. The predicted octanol–water partition coefficient (Wildman–Crippen LogP) is 5.61. The second-order valence-electron chi connectivity index (χ2n) is 9.82. The van der Waals surface area contributed by atoms with Gasteiger partial charge in [-0.3, -0.25) is 14.4 Å². The number of nitrogens with one attached hydrogen (secondary N) is 1. The number of aryl methyl sites for hydroxylation is 1. The molecule has 0 saturated carbocycles. The molecule has 194 valence electrons. The Labute approximate surface area is 219 Å². The van der Waals surface area contributed by atoms with E-state index in [9.17, 15) is 14.4 Å². The minimum absolute atomic E-state index is 0.0162. The summed E-state index contributed by atoms with van der Waals surface area (Å²) in [5.41, 5.74) is 3.77. The normalized spacial score (nSPS) is 13.2. The quantitative estimate of drug-likeness (QED) is 0.329. The molecule has 37 heavy (non-hydrogen) atoms. The highest BCUT2D eigenvalue weighted by Crippen LogP contribution is 2.37. The molecule has 1 aliphatic rings. The zero-order valence-electron chi connectivity index (χ0n) is 22.1. The van der Waals surface area contributed by atoms with Crippen LogP contribution in [0.4, 0.5) is 5.69 Å². The van der Waals surface area contributed by atoms with Gasteiger partial charge in [-0.15, -0.1) is 0 Å². The summed E-state index contributed by atoms with van der Waals surface area (Å²) >= 11 is 0. The first kappa shape index (κ1) is 26.4. The van der Waals surface area contributed by atoms with Crippen molar-refractivity contribution in [3.8, 4) is 0 Å². The molecule has 1 N–H and O–H groups in total. The van der Waals surface area contributed by atoms with E-state index < -0.39 is 6.04 Å². The lowest BCUT2D eigenvalue weighted by atomic mass is 10.1. The molecule has 3 amide bonds. The summed E-state index contributed by atoms with van der Waals surface area (Å²) in [5.74, 6) is -0.189. The largest absolute Gasteiger partial charge is 0.354 e. The van der Waals surface area contributed by atoms with E-state index in [-0.39, 0.29) is 24.1 Å². The molecule has 0 unspecified atom stereocenters. The Morgan fingerprint density at radius 2 is 1.70 bits per heavy atom. The van der Waals surface area contributed by atoms with Gasteiger partial charge in [-0.2, -0.15) is 0 Å². The van der Waals surface area contributed by atoms with Crippen molar-refractivity contribution in [1.82, 2.24) is 10.2 Å². The van der Waals surface area contributed by atoms with Crippen molar-refractivity contribution in [1.29, 1.82) is 0 Å². The monoisotopic (exact) mass is 499 g/mol. The van der Waals surface area contributed by atoms with Crippen LogP contribution in [-0.2, 0) is 16.1 Å². The third kappa shape index (κ3) is 5.85. The van der Waals surface area contributed by atoms with Crippen molar-refractivity contribution < 1.29 is 14.4 Å². The van der Waals surface area contributed by atoms with E-state index in [1.165, 1.54) is 0 Å². The van der Waals surface area contributed by atoms with Crippen LogP contribution >= 0.6 is 0 Å². The Kier molecular flexibility index (Phi) is 8.59. The molecule has 1 atom stereocenters. The van der Waals surface area contributed by atoms with Gasteiger partial charge < -0.3 is 15.1 Å². The number of carbonyl (C=O) groups excluding carboxylic acids is 3. The molecule has 1 heterocycles. The number of amides is 3. The van der Waals surface area contributed by atoms with Crippen LogP contribution in [0.1, 0.15) is 67.4 Å². The average molecular weight is 500 g/mol. The second-order valence-corrected chi connectivity index (χ2v) is 9.82. The SMILES string of the molecule is CCCCNC(=O)[C@@H](CC)N(Cc1ccc(C)cc1)C(=O)CCCN1C(=O)c2cccc3cccc1c23. The fraction of sp³-hybridized carbons (Fsp3) is 0.387. The predicted molar refractivity (Wildman–Crippen MR) is 149 cm³/mol. The Morgan fingerprint density at radius 1 is 0.973 bits per heavy atom. The Hall–Kier alpha value is -3.67. The van der Waals surface area contributed by atoms with Crippen molar-refractivity contribution in [2.24, 2.45) is 0 Å². The molecule has 0 aliphatic carbocycles. The Morgan fingerprint density at radius 3 is 2.41 bits per heavy atom. The number of hydrogen-bond donors (Lipinski definition) is 1. The molecule has 6 heteroatoms. The van der Waals surface area contributed by atoms with E-state index in [0.29, 0.717) is 32.5 Å². The van der Waals surface area contributed by atoms with Crippen molar-refractivity contribution in [3.05, 3.63) is 77.4 Å². The van der Waals surface area contributed by atoms with E-state index in [2.05, 4.69) is 12.2 Å². The molecule has 0 radical (unpaired) electrons. The smallest absolute Gasteiger partial charge is 0.258 e. The molecular weight excluding hydrogens is 462 g/mol. The van der Waals surface area contributed by atoms with Gasteiger partial charge in [0.25, 0.3) is 5.91 Å². The number of unbranched alkanes of at least 4 members (excludes halogenated alkanes) is 1. The molecule has 0 bridgehead atoms. The van der Waals surface area contributed by atoms with Crippen LogP contribution in [0.25, 0.3) is 10.8 Å². The van der Waals surface area contributed by atoms with Gasteiger partial charge in [0.15, 0.2) is 0 Å².